The third-order valence-electron chi connectivity index (χ3n) is 4.11. The van der Waals surface area contributed by atoms with Gasteiger partial charge in [0.15, 0.2) is 0 Å². The second-order valence-electron chi connectivity index (χ2n) is 5.53. The van der Waals surface area contributed by atoms with Crippen LogP contribution in [-0.4, -0.2) is 32.0 Å². The van der Waals surface area contributed by atoms with Gasteiger partial charge in [-0.2, -0.15) is 13.2 Å². The fraction of sp³-hybridized carbons (Fsp3) is 1.00. The number of hydrogen-bond acceptors (Lipinski definition) is 2. The van der Waals surface area contributed by atoms with Gasteiger partial charge < -0.3 is 10.1 Å². The summed E-state index contributed by atoms with van der Waals surface area (Å²) in [6.45, 7) is 2.15. The molecule has 0 bridgehead atoms. The lowest BCUT2D eigenvalue weighted by atomic mass is 9.83. The molecule has 0 amide bonds. The molecule has 2 aliphatic rings. The molecule has 2 rings (SSSR count). The molecule has 2 fully saturated rings. The van der Waals surface area contributed by atoms with E-state index in [4.69, 9.17) is 4.74 Å². The van der Waals surface area contributed by atoms with Crippen molar-refractivity contribution in [3.05, 3.63) is 0 Å². The second kappa shape index (κ2) is 6.24. The number of alkyl halides is 3. The van der Waals surface area contributed by atoms with E-state index in [2.05, 4.69) is 5.32 Å². The highest BCUT2D eigenvalue weighted by atomic mass is 19.4. The van der Waals surface area contributed by atoms with Crippen LogP contribution in [-0.2, 0) is 4.74 Å². The third-order valence-corrected chi connectivity index (χ3v) is 4.11. The first-order valence-electron chi connectivity index (χ1n) is 6.95. The van der Waals surface area contributed by atoms with Gasteiger partial charge in [-0.3, -0.25) is 0 Å². The van der Waals surface area contributed by atoms with E-state index in [1.165, 1.54) is 0 Å². The molecule has 0 aromatic rings. The van der Waals surface area contributed by atoms with Crippen molar-refractivity contribution >= 4 is 0 Å². The van der Waals surface area contributed by atoms with Gasteiger partial charge in [0.2, 0.25) is 0 Å². The Hall–Kier alpha value is -0.290. The highest BCUT2D eigenvalue weighted by molar-refractivity contribution is 4.86. The normalized spacial score (nSPS) is 34.5. The highest BCUT2D eigenvalue weighted by Crippen LogP contribution is 2.37. The summed E-state index contributed by atoms with van der Waals surface area (Å²) in [7, 11) is 0. The lowest BCUT2D eigenvalue weighted by Crippen LogP contribution is -2.47. The van der Waals surface area contributed by atoms with Gasteiger partial charge in [-0.15, -0.1) is 0 Å². The average molecular weight is 265 g/mol. The number of ether oxygens (including phenoxy) is 1. The van der Waals surface area contributed by atoms with Gasteiger partial charge in [0, 0.05) is 19.2 Å². The largest absolute Gasteiger partial charge is 0.393 e. The highest BCUT2D eigenvalue weighted by Gasteiger charge is 2.45. The summed E-state index contributed by atoms with van der Waals surface area (Å²) < 4.78 is 44.0. The zero-order valence-corrected chi connectivity index (χ0v) is 10.6. The third kappa shape index (κ3) is 3.85. The molecule has 2 nitrogen and oxygen atoms in total. The van der Waals surface area contributed by atoms with E-state index in [9.17, 15) is 13.2 Å². The molecule has 1 aliphatic heterocycles. The first-order valence-corrected chi connectivity index (χ1v) is 6.95. The quantitative estimate of drug-likeness (QED) is 0.846. The predicted octanol–water partition coefficient (Wildman–Crippen LogP) is 3.12. The smallest absolute Gasteiger partial charge is 0.381 e. The molecule has 3 unspecified atom stereocenters. The number of nitrogens with one attached hydrogen (secondary N) is 1. The van der Waals surface area contributed by atoms with Crippen molar-refractivity contribution < 1.29 is 17.9 Å². The molecule has 1 saturated heterocycles. The maximum absolute atomic E-state index is 12.9. The molecular weight excluding hydrogens is 243 g/mol. The maximum atomic E-state index is 12.9. The summed E-state index contributed by atoms with van der Waals surface area (Å²) in [6.07, 6.45) is 0.581. The van der Waals surface area contributed by atoms with Crippen LogP contribution in [0.15, 0.2) is 0 Å². The van der Waals surface area contributed by atoms with E-state index in [-0.39, 0.29) is 12.5 Å². The Morgan fingerprint density at radius 2 is 1.83 bits per heavy atom. The van der Waals surface area contributed by atoms with Crippen molar-refractivity contribution in [1.82, 2.24) is 5.32 Å². The van der Waals surface area contributed by atoms with Crippen LogP contribution in [0.2, 0.25) is 0 Å². The van der Waals surface area contributed by atoms with Crippen LogP contribution in [0.5, 0.6) is 0 Å². The summed E-state index contributed by atoms with van der Waals surface area (Å²) >= 11 is 0. The van der Waals surface area contributed by atoms with Crippen molar-refractivity contribution in [1.29, 1.82) is 0 Å². The Bertz CT molecular complexity index is 251. The summed E-state index contributed by atoms with van der Waals surface area (Å²) in [6, 6.07) is -0.388. The van der Waals surface area contributed by atoms with Crippen LogP contribution in [0.3, 0.4) is 0 Å². The molecule has 3 atom stereocenters. The predicted molar refractivity (Wildman–Crippen MR) is 63.3 cm³/mol. The average Bonchev–Trinajstić information content (AvgIpc) is 2.37. The molecule has 1 aliphatic carbocycles. The Balaban J connectivity index is 1.81. The fourth-order valence-electron chi connectivity index (χ4n) is 3.05. The van der Waals surface area contributed by atoms with E-state index >= 15 is 0 Å². The van der Waals surface area contributed by atoms with Gasteiger partial charge in [0.25, 0.3) is 0 Å². The molecule has 0 aromatic carbocycles. The van der Waals surface area contributed by atoms with Crippen molar-refractivity contribution in [2.75, 3.05) is 19.8 Å². The monoisotopic (exact) mass is 265 g/mol. The van der Waals surface area contributed by atoms with Crippen molar-refractivity contribution in [2.45, 2.75) is 50.7 Å². The molecule has 18 heavy (non-hydrogen) atoms. The Morgan fingerprint density at radius 3 is 2.50 bits per heavy atom. The zero-order chi connectivity index (χ0) is 13.0. The summed E-state index contributed by atoms with van der Waals surface area (Å²) in [5, 5.41) is 3.15. The number of hydrogen-bond donors (Lipinski definition) is 1. The minimum Gasteiger partial charge on any atom is -0.381 e. The Kier molecular flexibility index (Phi) is 4.90. The van der Waals surface area contributed by atoms with Gasteiger partial charge in [-0.25, -0.2) is 0 Å². The van der Waals surface area contributed by atoms with Crippen LogP contribution in [0.1, 0.15) is 38.5 Å². The van der Waals surface area contributed by atoms with Crippen LogP contribution in [0.25, 0.3) is 0 Å². The number of halogens is 3. The first-order chi connectivity index (χ1) is 8.57. The second-order valence-corrected chi connectivity index (χ2v) is 5.53. The first kappa shape index (κ1) is 14.1. The fourth-order valence-corrected chi connectivity index (χ4v) is 3.05. The summed E-state index contributed by atoms with van der Waals surface area (Å²) in [5.74, 6) is -0.773. The molecule has 0 radical (unpaired) electrons. The van der Waals surface area contributed by atoms with Gasteiger partial charge in [0.05, 0.1) is 12.5 Å². The van der Waals surface area contributed by atoms with E-state index in [1.54, 1.807) is 0 Å². The van der Waals surface area contributed by atoms with Crippen molar-refractivity contribution in [3.63, 3.8) is 0 Å². The summed E-state index contributed by atoms with van der Waals surface area (Å²) in [4.78, 5) is 0. The van der Waals surface area contributed by atoms with Gasteiger partial charge >= 0.3 is 6.18 Å². The van der Waals surface area contributed by atoms with Crippen LogP contribution >= 0.6 is 0 Å². The van der Waals surface area contributed by atoms with Crippen LogP contribution in [0.4, 0.5) is 13.2 Å². The topological polar surface area (TPSA) is 21.3 Å². The maximum Gasteiger partial charge on any atom is 0.393 e. The van der Waals surface area contributed by atoms with E-state index in [0.29, 0.717) is 31.9 Å². The minimum atomic E-state index is -4.05. The molecular formula is C13H22F3NO. The zero-order valence-electron chi connectivity index (χ0n) is 10.6. The molecule has 0 spiro atoms. The van der Waals surface area contributed by atoms with E-state index < -0.39 is 12.1 Å². The van der Waals surface area contributed by atoms with Gasteiger partial charge in [-0.05, 0) is 31.6 Å². The van der Waals surface area contributed by atoms with Crippen molar-refractivity contribution in [2.24, 2.45) is 11.8 Å². The molecule has 106 valence electrons. The summed E-state index contributed by atoms with van der Waals surface area (Å²) in [5.41, 5.74) is 0. The van der Waals surface area contributed by atoms with Crippen molar-refractivity contribution in [3.8, 4) is 0 Å². The minimum absolute atomic E-state index is 0.280. The molecule has 1 saturated carbocycles. The SMILES string of the molecule is FC(F)(F)C1CCCCC1NCC1CCCOC1. The standard InChI is InChI=1S/C13H22F3NO/c14-13(15,16)11-5-1-2-6-12(11)17-8-10-4-3-7-18-9-10/h10-12,17H,1-9H2. The van der Waals surface area contributed by atoms with E-state index in [1.807, 2.05) is 0 Å². The van der Waals surface area contributed by atoms with Gasteiger partial charge in [-0.1, -0.05) is 12.8 Å². The lowest BCUT2D eigenvalue weighted by molar-refractivity contribution is -0.189. The molecule has 1 heterocycles. The molecule has 5 heteroatoms. The van der Waals surface area contributed by atoms with Crippen LogP contribution in [0, 0.1) is 11.8 Å². The lowest BCUT2D eigenvalue weighted by Gasteiger charge is -2.35. The molecule has 0 aromatic heterocycles. The van der Waals surface area contributed by atoms with E-state index in [0.717, 1.165) is 25.9 Å². The molecule has 1 N–H and O–H groups in total. The Morgan fingerprint density at radius 1 is 1.06 bits per heavy atom. The Labute approximate surface area is 106 Å². The number of rotatable bonds is 3. The van der Waals surface area contributed by atoms with Crippen LogP contribution < -0.4 is 5.32 Å². The van der Waals surface area contributed by atoms with Gasteiger partial charge in [0.1, 0.15) is 0 Å².